The molecule has 0 aliphatic rings. The van der Waals surface area contributed by atoms with Gasteiger partial charge >= 0.3 is 11.9 Å². The molecule has 8 N–H and O–H groups in total. The lowest BCUT2D eigenvalue weighted by Gasteiger charge is -2.14. The fraction of sp³-hybridized carbons (Fsp3) is 0.333. The summed E-state index contributed by atoms with van der Waals surface area (Å²) < 4.78 is 0. The van der Waals surface area contributed by atoms with Crippen LogP contribution < -0.4 is 11.5 Å². The molecule has 0 heterocycles. The van der Waals surface area contributed by atoms with Crippen molar-refractivity contribution in [3.8, 4) is 11.5 Å². The second kappa shape index (κ2) is 7.16. The van der Waals surface area contributed by atoms with E-state index in [0.717, 1.165) is 11.8 Å². The average Bonchev–Trinajstić information content (AvgIpc) is 2.40. The first-order valence-electron chi connectivity index (χ1n) is 5.86. The molecule has 1 aromatic carbocycles. The molecule has 21 heavy (non-hydrogen) atoms. The maximum absolute atomic E-state index is 10.8. The second-order valence-electron chi connectivity index (χ2n) is 4.35. The van der Waals surface area contributed by atoms with Crippen LogP contribution in [0, 0.1) is 0 Å². The molecule has 0 fully saturated rings. The van der Waals surface area contributed by atoms with Crippen LogP contribution in [-0.2, 0) is 16.0 Å². The van der Waals surface area contributed by atoms with Gasteiger partial charge in [0.2, 0.25) is 0 Å². The number of carboxylic acids is 2. The molecule has 2 atom stereocenters. The molecule has 0 aliphatic carbocycles. The van der Waals surface area contributed by atoms with Gasteiger partial charge in [0.05, 0.1) is 0 Å². The van der Waals surface area contributed by atoms with Crippen molar-refractivity contribution in [2.45, 2.75) is 23.4 Å². The van der Waals surface area contributed by atoms with E-state index in [9.17, 15) is 19.8 Å². The molecule has 0 saturated carbocycles. The van der Waals surface area contributed by atoms with E-state index >= 15 is 0 Å². The van der Waals surface area contributed by atoms with Gasteiger partial charge in [0.1, 0.15) is 12.1 Å². The number of rotatable bonds is 7. The molecule has 1 rings (SSSR count). The van der Waals surface area contributed by atoms with Gasteiger partial charge in [-0.2, -0.15) is 0 Å². The van der Waals surface area contributed by atoms with Gasteiger partial charge in [0.25, 0.3) is 0 Å². The van der Waals surface area contributed by atoms with Gasteiger partial charge in [-0.25, -0.2) is 0 Å². The van der Waals surface area contributed by atoms with Gasteiger partial charge in [-0.3, -0.25) is 9.59 Å². The van der Waals surface area contributed by atoms with Crippen LogP contribution in [0.5, 0.6) is 11.5 Å². The van der Waals surface area contributed by atoms with Crippen molar-refractivity contribution in [3.05, 3.63) is 17.7 Å². The summed E-state index contributed by atoms with van der Waals surface area (Å²) in [5.74, 6) is -3.16. The Morgan fingerprint density at radius 2 is 1.57 bits per heavy atom. The molecule has 116 valence electrons. The topological polar surface area (TPSA) is 167 Å². The summed E-state index contributed by atoms with van der Waals surface area (Å²) in [6.07, 6.45) is -0.0756. The van der Waals surface area contributed by atoms with Crippen LogP contribution in [0.25, 0.3) is 0 Å². The zero-order valence-electron chi connectivity index (χ0n) is 10.9. The van der Waals surface area contributed by atoms with E-state index in [1.165, 1.54) is 12.1 Å². The van der Waals surface area contributed by atoms with Gasteiger partial charge < -0.3 is 31.9 Å². The molecule has 9 heteroatoms. The Morgan fingerprint density at radius 3 is 2.10 bits per heavy atom. The summed E-state index contributed by atoms with van der Waals surface area (Å²) in [6.45, 7) is 0. The van der Waals surface area contributed by atoms with Crippen LogP contribution in [0.3, 0.4) is 0 Å². The largest absolute Gasteiger partial charge is 0.504 e. The summed E-state index contributed by atoms with van der Waals surface area (Å²) in [4.78, 5) is 21.9. The first kappa shape index (κ1) is 17.1. The standard InChI is InChI=1S/C12H16N2O6S/c13-6(11(17)18)1-5-2-8(15)9(16)3-10(5)21-4-7(14)12(19)20/h2-3,6-7,15-16H,1,4,13-14H2,(H,17,18)(H,19,20). The Morgan fingerprint density at radius 1 is 1.05 bits per heavy atom. The average molecular weight is 316 g/mol. The molecule has 0 aliphatic heterocycles. The molecule has 0 radical (unpaired) electrons. The third kappa shape index (κ3) is 4.81. The van der Waals surface area contributed by atoms with E-state index < -0.39 is 35.5 Å². The van der Waals surface area contributed by atoms with E-state index in [0.29, 0.717) is 10.5 Å². The predicted octanol–water partition coefficient (Wildman–Crippen LogP) is -0.444. The van der Waals surface area contributed by atoms with Crippen molar-refractivity contribution in [2.75, 3.05) is 5.75 Å². The number of carbonyl (C=O) groups is 2. The Labute approximate surface area is 124 Å². The molecular weight excluding hydrogens is 300 g/mol. The number of aromatic hydroxyl groups is 2. The van der Waals surface area contributed by atoms with Crippen molar-refractivity contribution in [1.82, 2.24) is 0 Å². The first-order valence-corrected chi connectivity index (χ1v) is 6.85. The fourth-order valence-electron chi connectivity index (χ4n) is 1.47. The van der Waals surface area contributed by atoms with E-state index in [1.807, 2.05) is 0 Å². The number of aliphatic carboxylic acids is 2. The molecule has 0 spiro atoms. The molecule has 8 nitrogen and oxygen atoms in total. The Hall–Kier alpha value is -1.97. The van der Waals surface area contributed by atoms with Crippen molar-refractivity contribution < 1.29 is 30.0 Å². The molecular formula is C12H16N2O6S. The SMILES string of the molecule is NC(CSc1cc(O)c(O)cc1CC(N)C(=O)O)C(=O)O. The molecule has 1 aromatic rings. The van der Waals surface area contributed by atoms with Gasteiger partial charge in [-0.15, -0.1) is 11.8 Å². The van der Waals surface area contributed by atoms with Crippen LogP contribution in [0.2, 0.25) is 0 Å². The number of benzene rings is 1. The minimum absolute atomic E-state index is 0.0227. The molecule has 0 aromatic heterocycles. The lowest BCUT2D eigenvalue weighted by Crippen LogP contribution is -2.33. The third-order valence-electron chi connectivity index (χ3n) is 2.65. The summed E-state index contributed by atoms with van der Waals surface area (Å²) in [5, 5.41) is 36.5. The summed E-state index contributed by atoms with van der Waals surface area (Å²) in [5.41, 5.74) is 11.2. The maximum atomic E-state index is 10.8. The highest BCUT2D eigenvalue weighted by molar-refractivity contribution is 7.99. The van der Waals surface area contributed by atoms with E-state index in [2.05, 4.69) is 0 Å². The highest BCUT2D eigenvalue weighted by atomic mass is 32.2. The maximum Gasteiger partial charge on any atom is 0.321 e. The van der Waals surface area contributed by atoms with E-state index in [-0.39, 0.29) is 12.2 Å². The van der Waals surface area contributed by atoms with Crippen LogP contribution >= 0.6 is 11.8 Å². The smallest absolute Gasteiger partial charge is 0.321 e. The number of hydrogen-bond acceptors (Lipinski definition) is 7. The molecule has 0 amide bonds. The van der Waals surface area contributed by atoms with Gasteiger partial charge in [0.15, 0.2) is 11.5 Å². The van der Waals surface area contributed by atoms with Crippen LogP contribution in [0.4, 0.5) is 0 Å². The molecule has 0 bridgehead atoms. The quantitative estimate of drug-likeness (QED) is 0.288. The summed E-state index contributed by atoms with van der Waals surface area (Å²) in [6, 6.07) is 0.138. The molecule has 2 unspecified atom stereocenters. The zero-order chi connectivity index (χ0) is 16.2. The Balaban J connectivity index is 2.97. The van der Waals surface area contributed by atoms with Gasteiger partial charge in [-0.05, 0) is 24.1 Å². The highest BCUT2D eigenvalue weighted by Crippen LogP contribution is 2.34. The van der Waals surface area contributed by atoms with Crippen LogP contribution in [-0.4, -0.2) is 50.2 Å². The number of nitrogens with two attached hydrogens (primary N) is 2. The van der Waals surface area contributed by atoms with Crippen molar-refractivity contribution in [1.29, 1.82) is 0 Å². The van der Waals surface area contributed by atoms with E-state index in [1.54, 1.807) is 0 Å². The highest BCUT2D eigenvalue weighted by Gasteiger charge is 2.19. The second-order valence-corrected chi connectivity index (χ2v) is 5.42. The van der Waals surface area contributed by atoms with Crippen molar-refractivity contribution in [2.24, 2.45) is 11.5 Å². The normalized spacial score (nSPS) is 13.6. The van der Waals surface area contributed by atoms with Crippen LogP contribution in [0.15, 0.2) is 17.0 Å². The Kier molecular flexibility index (Phi) is 5.82. The number of hydrogen-bond donors (Lipinski definition) is 6. The van der Waals surface area contributed by atoms with E-state index in [4.69, 9.17) is 21.7 Å². The van der Waals surface area contributed by atoms with Gasteiger partial charge in [0, 0.05) is 10.6 Å². The zero-order valence-corrected chi connectivity index (χ0v) is 11.7. The number of phenols is 2. The number of carboxylic acid groups (broad SMARTS) is 2. The summed E-state index contributed by atoms with van der Waals surface area (Å²) >= 11 is 1.03. The Bertz CT molecular complexity index is 551. The third-order valence-corrected chi connectivity index (χ3v) is 3.87. The van der Waals surface area contributed by atoms with Crippen molar-refractivity contribution in [3.63, 3.8) is 0 Å². The predicted molar refractivity (Wildman–Crippen MR) is 75.4 cm³/mol. The minimum atomic E-state index is -1.21. The molecule has 0 saturated heterocycles. The first-order chi connectivity index (χ1) is 9.72. The summed E-state index contributed by atoms with van der Waals surface area (Å²) in [7, 11) is 0. The lowest BCUT2D eigenvalue weighted by atomic mass is 10.1. The number of phenolic OH excluding ortho intramolecular Hbond substituents is 2. The van der Waals surface area contributed by atoms with Crippen molar-refractivity contribution >= 4 is 23.7 Å². The minimum Gasteiger partial charge on any atom is -0.504 e. The lowest BCUT2D eigenvalue weighted by molar-refractivity contribution is -0.139. The number of thioether (sulfide) groups is 1. The monoisotopic (exact) mass is 316 g/mol. The van der Waals surface area contributed by atoms with Gasteiger partial charge in [-0.1, -0.05) is 0 Å². The fourth-order valence-corrected chi connectivity index (χ4v) is 2.49. The van der Waals surface area contributed by atoms with Crippen LogP contribution in [0.1, 0.15) is 5.56 Å².